The minimum Gasteiger partial charge on any atom is -0.381 e. The van der Waals surface area contributed by atoms with Gasteiger partial charge in [-0.3, -0.25) is 0 Å². The van der Waals surface area contributed by atoms with Crippen molar-refractivity contribution in [2.75, 3.05) is 11.9 Å². The molecule has 0 bridgehead atoms. The average Bonchev–Trinajstić information content (AvgIpc) is 2.33. The average molecular weight is 333 g/mol. The maximum atomic E-state index is 6.22. The zero-order valence-electron chi connectivity index (χ0n) is 10.7. The van der Waals surface area contributed by atoms with Gasteiger partial charge in [0.2, 0.25) is 0 Å². The zero-order valence-corrected chi connectivity index (χ0v) is 13.1. The van der Waals surface area contributed by atoms with Crippen LogP contribution in [0.5, 0.6) is 0 Å². The number of ether oxygens (including phenoxy) is 1. The fraction of sp³-hybridized carbons (Fsp3) is 0.571. The van der Waals surface area contributed by atoms with E-state index < -0.39 is 0 Å². The lowest BCUT2D eigenvalue weighted by Gasteiger charge is -2.33. The van der Waals surface area contributed by atoms with Crippen LogP contribution in [0.15, 0.2) is 22.7 Å². The van der Waals surface area contributed by atoms with Crippen LogP contribution in [-0.2, 0) is 4.74 Å². The van der Waals surface area contributed by atoms with Crippen LogP contribution in [0.2, 0.25) is 5.02 Å². The van der Waals surface area contributed by atoms with Gasteiger partial charge in [0, 0.05) is 17.1 Å². The fourth-order valence-corrected chi connectivity index (χ4v) is 2.98. The van der Waals surface area contributed by atoms with Crippen LogP contribution in [0, 0.1) is 5.92 Å². The van der Waals surface area contributed by atoms with Gasteiger partial charge in [-0.2, -0.15) is 0 Å². The highest BCUT2D eigenvalue weighted by atomic mass is 79.9. The second-order valence-electron chi connectivity index (χ2n) is 5.14. The minimum atomic E-state index is 0.352. The van der Waals surface area contributed by atoms with E-state index in [2.05, 4.69) is 35.1 Å². The maximum absolute atomic E-state index is 6.22. The summed E-state index contributed by atoms with van der Waals surface area (Å²) in [5, 5.41) is 4.29. The van der Waals surface area contributed by atoms with Gasteiger partial charge < -0.3 is 10.1 Å². The first-order chi connectivity index (χ1) is 8.56. The topological polar surface area (TPSA) is 21.3 Å². The van der Waals surface area contributed by atoms with Crippen LogP contribution in [0.1, 0.15) is 26.7 Å². The summed E-state index contributed by atoms with van der Waals surface area (Å²) < 4.78 is 6.78. The van der Waals surface area contributed by atoms with Gasteiger partial charge in [-0.05, 0) is 37.0 Å². The third-order valence-electron chi connectivity index (χ3n) is 3.35. The van der Waals surface area contributed by atoms with E-state index >= 15 is 0 Å². The van der Waals surface area contributed by atoms with Crippen molar-refractivity contribution in [3.63, 3.8) is 0 Å². The van der Waals surface area contributed by atoms with Crippen molar-refractivity contribution in [2.45, 2.75) is 38.8 Å². The SMILES string of the molecule is CC(C)C1CC(Nc2ccc(Br)cc2Cl)CCO1. The molecule has 2 unspecified atom stereocenters. The van der Waals surface area contributed by atoms with Crippen molar-refractivity contribution < 1.29 is 4.74 Å². The molecule has 0 saturated carbocycles. The number of anilines is 1. The summed E-state index contributed by atoms with van der Waals surface area (Å²) in [6, 6.07) is 6.40. The van der Waals surface area contributed by atoms with Crippen molar-refractivity contribution in [3.05, 3.63) is 27.7 Å². The third-order valence-corrected chi connectivity index (χ3v) is 4.16. The molecule has 1 aromatic carbocycles. The Balaban J connectivity index is 2.00. The lowest BCUT2D eigenvalue weighted by atomic mass is 9.95. The lowest BCUT2D eigenvalue weighted by molar-refractivity contribution is -0.0160. The lowest BCUT2D eigenvalue weighted by Crippen LogP contribution is -2.36. The molecular weight excluding hydrogens is 314 g/mol. The van der Waals surface area contributed by atoms with Crippen LogP contribution < -0.4 is 5.32 Å². The molecule has 1 saturated heterocycles. The predicted octanol–water partition coefficient (Wildman–Crippen LogP) is 4.72. The summed E-state index contributed by atoms with van der Waals surface area (Å²) in [5.41, 5.74) is 1.01. The molecule has 18 heavy (non-hydrogen) atoms. The summed E-state index contributed by atoms with van der Waals surface area (Å²) in [4.78, 5) is 0. The summed E-state index contributed by atoms with van der Waals surface area (Å²) in [7, 11) is 0. The van der Waals surface area contributed by atoms with Gasteiger partial charge in [-0.1, -0.05) is 41.4 Å². The van der Waals surface area contributed by atoms with Gasteiger partial charge in [0.1, 0.15) is 0 Å². The molecule has 1 N–H and O–H groups in total. The van der Waals surface area contributed by atoms with E-state index in [-0.39, 0.29) is 0 Å². The predicted molar refractivity (Wildman–Crippen MR) is 80.4 cm³/mol. The molecule has 0 aromatic heterocycles. The number of hydrogen-bond acceptors (Lipinski definition) is 2. The first kappa shape index (κ1) is 14.2. The molecule has 100 valence electrons. The van der Waals surface area contributed by atoms with Crippen molar-refractivity contribution in [2.24, 2.45) is 5.92 Å². The molecule has 1 aromatic rings. The molecular formula is C14H19BrClNO. The fourth-order valence-electron chi connectivity index (χ4n) is 2.25. The Labute approximate surface area is 122 Å². The highest BCUT2D eigenvalue weighted by molar-refractivity contribution is 9.10. The summed E-state index contributed by atoms with van der Waals surface area (Å²) in [6.07, 6.45) is 2.44. The first-order valence-corrected chi connectivity index (χ1v) is 7.56. The second kappa shape index (κ2) is 6.27. The number of halogens is 2. The van der Waals surface area contributed by atoms with Crippen molar-refractivity contribution in [3.8, 4) is 0 Å². The Hall–Kier alpha value is -0.250. The Morgan fingerprint density at radius 2 is 2.22 bits per heavy atom. The van der Waals surface area contributed by atoms with Gasteiger partial charge in [0.25, 0.3) is 0 Å². The molecule has 2 nitrogen and oxygen atoms in total. The molecule has 2 atom stereocenters. The number of hydrogen-bond donors (Lipinski definition) is 1. The highest BCUT2D eigenvalue weighted by Crippen LogP contribution is 2.29. The number of benzene rings is 1. The molecule has 4 heteroatoms. The molecule has 0 radical (unpaired) electrons. The molecule has 1 heterocycles. The zero-order chi connectivity index (χ0) is 13.1. The number of rotatable bonds is 3. The first-order valence-electron chi connectivity index (χ1n) is 6.39. The Morgan fingerprint density at radius 3 is 2.89 bits per heavy atom. The van der Waals surface area contributed by atoms with Gasteiger partial charge in [-0.15, -0.1) is 0 Å². The van der Waals surface area contributed by atoms with Crippen molar-refractivity contribution >= 4 is 33.2 Å². The summed E-state index contributed by atoms with van der Waals surface area (Å²) >= 11 is 9.64. The van der Waals surface area contributed by atoms with Crippen molar-refractivity contribution in [1.82, 2.24) is 0 Å². The van der Waals surface area contributed by atoms with E-state index in [0.29, 0.717) is 18.1 Å². The second-order valence-corrected chi connectivity index (χ2v) is 6.47. The van der Waals surface area contributed by atoms with Crippen LogP contribution in [0.4, 0.5) is 5.69 Å². The molecule has 1 aliphatic heterocycles. The van der Waals surface area contributed by atoms with E-state index in [4.69, 9.17) is 16.3 Å². The van der Waals surface area contributed by atoms with E-state index in [1.165, 1.54) is 0 Å². The number of nitrogens with one attached hydrogen (secondary N) is 1. The van der Waals surface area contributed by atoms with Crippen LogP contribution in [0.25, 0.3) is 0 Å². The molecule has 2 rings (SSSR count). The smallest absolute Gasteiger partial charge is 0.0648 e. The van der Waals surface area contributed by atoms with Crippen LogP contribution in [-0.4, -0.2) is 18.8 Å². The van der Waals surface area contributed by atoms with E-state index in [1.54, 1.807) is 0 Å². The molecule has 0 aliphatic carbocycles. The van der Waals surface area contributed by atoms with Gasteiger partial charge >= 0.3 is 0 Å². The van der Waals surface area contributed by atoms with Gasteiger partial charge in [0.15, 0.2) is 0 Å². The van der Waals surface area contributed by atoms with Gasteiger partial charge in [-0.25, -0.2) is 0 Å². The monoisotopic (exact) mass is 331 g/mol. The molecule has 0 amide bonds. The molecule has 1 aliphatic rings. The van der Waals surface area contributed by atoms with E-state index in [0.717, 1.165) is 34.6 Å². The van der Waals surface area contributed by atoms with E-state index in [1.807, 2.05) is 18.2 Å². The quantitative estimate of drug-likeness (QED) is 0.865. The Bertz CT molecular complexity index is 411. The Kier molecular flexibility index (Phi) is 4.93. The summed E-state index contributed by atoms with van der Waals surface area (Å²) in [6.45, 7) is 5.24. The molecule has 1 fully saturated rings. The standard InChI is InChI=1S/C14H19BrClNO/c1-9(2)14-8-11(5-6-18-14)17-13-4-3-10(15)7-12(13)16/h3-4,7,9,11,14,17H,5-6,8H2,1-2H3. The van der Waals surface area contributed by atoms with Gasteiger partial charge in [0.05, 0.1) is 16.8 Å². The maximum Gasteiger partial charge on any atom is 0.0648 e. The minimum absolute atomic E-state index is 0.352. The van der Waals surface area contributed by atoms with Crippen molar-refractivity contribution in [1.29, 1.82) is 0 Å². The molecule has 0 spiro atoms. The highest BCUT2D eigenvalue weighted by Gasteiger charge is 2.25. The van der Waals surface area contributed by atoms with Crippen LogP contribution >= 0.6 is 27.5 Å². The summed E-state index contributed by atoms with van der Waals surface area (Å²) in [5.74, 6) is 0.565. The largest absolute Gasteiger partial charge is 0.381 e. The van der Waals surface area contributed by atoms with E-state index in [9.17, 15) is 0 Å². The Morgan fingerprint density at radius 1 is 1.44 bits per heavy atom. The van der Waals surface area contributed by atoms with Crippen LogP contribution in [0.3, 0.4) is 0 Å². The normalized spacial score (nSPS) is 24.3. The third kappa shape index (κ3) is 3.62.